The molecule has 2 atom stereocenters. The van der Waals surface area contributed by atoms with Gasteiger partial charge in [-0.15, -0.1) is 0 Å². The van der Waals surface area contributed by atoms with Crippen molar-refractivity contribution in [3.05, 3.63) is 0 Å². The number of esters is 1. The molecule has 0 aromatic rings. The van der Waals surface area contributed by atoms with Crippen molar-refractivity contribution in [3.8, 4) is 0 Å². The lowest BCUT2D eigenvalue weighted by Crippen LogP contribution is -2.51. The third-order valence-electron chi connectivity index (χ3n) is 2.60. The third kappa shape index (κ3) is 3.51. The van der Waals surface area contributed by atoms with Gasteiger partial charge < -0.3 is 15.8 Å². The van der Waals surface area contributed by atoms with Crippen LogP contribution in [0.4, 0.5) is 0 Å². The zero-order chi connectivity index (χ0) is 11.3. The zero-order valence-electron chi connectivity index (χ0n) is 8.99. The fraction of sp³-hybridized carbons (Fsp3) is 0.800. The quantitative estimate of drug-likeness (QED) is 0.498. The van der Waals surface area contributed by atoms with Gasteiger partial charge in [0, 0.05) is 12.1 Å². The summed E-state index contributed by atoms with van der Waals surface area (Å²) in [7, 11) is 0. The fourth-order valence-corrected chi connectivity index (χ4v) is 1.76. The molecular weight excluding hydrogens is 196 g/mol. The van der Waals surface area contributed by atoms with Crippen LogP contribution in [-0.4, -0.2) is 30.6 Å². The van der Waals surface area contributed by atoms with E-state index in [1.807, 2.05) is 0 Å². The number of rotatable bonds is 2. The summed E-state index contributed by atoms with van der Waals surface area (Å²) in [6.45, 7) is 1.88. The van der Waals surface area contributed by atoms with Gasteiger partial charge in [0.05, 0.1) is 6.61 Å². The second-order valence-corrected chi connectivity index (χ2v) is 3.75. The van der Waals surface area contributed by atoms with Gasteiger partial charge in [0.25, 0.3) is 0 Å². The van der Waals surface area contributed by atoms with E-state index in [9.17, 15) is 9.59 Å². The van der Waals surface area contributed by atoms with E-state index in [1.54, 1.807) is 6.92 Å². The molecule has 0 radical (unpaired) electrons. The smallest absolute Gasteiger partial charge is 0.396 e. The summed E-state index contributed by atoms with van der Waals surface area (Å²) in [5, 5.41) is 2.61. The molecular formula is C10H18N2O3. The van der Waals surface area contributed by atoms with Gasteiger partial charge in [-0.3, -0.25) is 4.79 Å². The second kappa shape index (κ2) is 5.70. The second-order valence-electron chi connectivity index (χ2n) is 3.75. The van der Waals surface area contributed by atoms with Crippen LogP contribution in [0.1, 0.15) is 32.6 Å². The lowest BCUT2D eigenvalue weighted by Gasteiger charge is -2.28. The van der Waals surface area contributed by atoms with E-state index in [0.29, 0.717) is 0 Å². The van der Waals surface area contributed by atoms with Gasteiger partial charge in [0.1, 0.15) is 0 Å². The van der Waals surface area contributed by atoms with Crippen LogP contribution in [0.5, 0.6) is 0 Å². The van der Waals surface area contributed by atoms with Crippen LogP contribution in [0.3, 0.4) is 0 Å². The van der Waals surface area contributed by atoms with E-state index >= 15 is 0 Å². The zero-order valence-corrected chi connectivity index (χ0v) is 8.99. The number of nitrogens with two attached hydrogens (primary N) is 1. The number of carbonyl (C=O) groups is 2. The first-order valence-electron chi connectivity index (χ1n) is 5.38. The number of nitrogens with one attached hydrogen (secondary N) is 1. The summed E-state index contributed by atoms with van der Waals surface area (Å²) in [6.07, 6.45) is 3.87. The summed E-state index contributed by atoms with van der Waals surface area (Å²) in [6, 6.07) is -0.132. The minimum atomic E-state index is -0.824. The van der Waals surface area contributed by atoms with E-state index < -0.39 is 11.9 Å². The molecule has 86 valence electrons. The molecule has 1 aliphatic rings. The van der Waals surface area contributed by atoms with E-state index in [1.165, 1.54) is 0 Å². The van der Waals surface area contributed by atoms with Gasteiger partial charge in [0.15, 0.2) is 0 Å². The Morgan fingerprint density at radius 1 is 1.40 bits per heavy atom. The maximum absolute atomic E-state index is 11.3. The van der Waals surface area contributed by atoms with Crippen molar-refractivity contribution in [2.75, 3.05) is 6.61 Å². The first-order valence-corrected chi connectivity index (χ1v) is 5.38. The van der Waals surface area contributed by atoms with Crippen LogP contribution in [0.15, 0.2) is 0 Å². The summed E-state index contributed by atoms with van der Waals surface area (Å²) in [5.41, 5.74) is 5.83. The normalized spacial score (nSPS) is 25.7. The Balaban J connectivity index is 2.39. The van der Waals surface area contributed by atoms with Crippen molar-refractivity contribution in [2.24, 2.45) is 5.73 Å². The highest BCUT2D eigenvalue weighted by Crippen LogP contribution is 2.16. The van der Waals surface area contributed by atoms with Crippen molar-refractivity contribution in [2.45, 2.75) is 44.7 Å². The van der Waals surface area contributed by atoms with Gasteiger partial charge >= 0.3 is 11.9 Å². The highest BCUT2D eigenvalue weighted by molar-refractivity contribution is 6.32. The van der Waals surface area contributed by atoms with Crippen LogP contribution in [0, 0.1) is 0 Å². The van der Waals surface area contributed by atoms with Crippen LogP contribution in [0.25, 0.3) is 0 Å². The molecule has 1 saturated carbocycles. The van der Waals surface area contributed by atoms with Gasteiger partial charge in [-0.05, 0) is 19.8 Å². The Morgan fingerprint density at radius 3 is 2.67 bits per heavy atom. The van der Waals surface area contributed by atoms with Crippen LogP contribution >= 0.6 is 0 Å². The Hall–Kier alpha value is -1.10. The molecule has 2 unspecified atom stereocenters. The number of carbonyl (C=O) groups excluding carboxylic acids is 2. The molecule has 1 amide bonds. The van der Waals surface area contributed by atoms with Crippen molar-refractivity contribution >= 4 is 11.9 Å². The lowest BCUT2D eigenvalue weighted by molar-refractivity contribution is -0.155. The predicted molar refractivity (Wildman–Crippen MR) is 55.0 cm³/mol. The third-order valence-corrected chi connectivity index (χ3v) is 2.60. The molecule has 0 heterocycles. The molecule has 0 aromatic carbocycles. The molecule has 3 N–H and O–H groups in total. The fourth-order valence-electron chi connectivity index (χ4n) is 1.76. The van der Waals surface area contributed by atoms with Crippen molar-refractivity contribution in [1.29, 1.82) is 0 Å². The van der Waals surface area contributed by atoms with Crippen LogP contribution in [-0.2, 0) is 14.3 Å². The highest BCUT2D eigenvalue weighted by atomic mass is 16.5. The molecule has 5 nitrogen and oxygen atoms in total. The summed E-state index contributed by atoms with van der Waals surface area (Å²) >= 11 is 0. The Morgan fingerprint density at radius 2 is 2.07 bits per heavy atom. The van der Waals surface area contributed by atoms with Gasteiger partial charge in [-0.2, -0.15) is 0 Å². The molecule has 0 spiro atoms. The number of ether oxygens (including phenoxy) is 1. The average molecular weight is 214 g/mol. The first-order chi connectivity index (χ1) is 7.15. The van der Waals surface area contributed by atoms with Crippen molar-refractivity contribution < 1.29 is 14.3 Å². The Labute approximate surface area is 89.3 Å². The molecule has 0 bridgehead atoms. The first kappa shape index (κ1) is 12.0. The van der Waals surface area contributed by atoms with E-state index in [0.717, 1.165) is 25.7 Å². The van der Waals surface area contributed by atoms with Gasteiger partial charge in [-0.25, -0.2) is 4.79 Å². The Kier molecular flexibility index (Phi) is 4.55. The Bertz CT molecular complexity index is 243. The van der Waals surface area contributed by atoms with Crippen molar-refractivity contribution in [1.82, 2.24) is 5.32 Å². The molecule has 1 aliphatic carbocycles. The van der Waals surface area contributed by atoms with Crippen LogP contribution < -0.4 is 11.1 Å². The summed E-state index contributed by atoms with van der Waals surface area (Å²) in [4.78, 5) is 22.4. The van der Waals surface area contributed by atoms with E-state index in [2.05, 4.69) is 10.1 Å². The maximum Gasteiger partial charge on any atom is 0.396 e. The maximum atomic E-state index is 11.3. The SMILES string of the molecule is CCOC(=O)C(=O)NC1CCCCC1N. The predicted octanol–water partition coefficient (Wildman–Crippen LogP) is -0.0644. The molecule has 0 aliphatic heterocycles. The minimum Gasteiger partial charge on any atom is -0.459 e. The summed E-state index contributed by atoms with van der Waals surface area (Å²) < 4.78 is 4.59. The van der Waals surface area contributed by atoms with Gasteiger partial charge in [-0.1, -0.05) is 12.8 Å². The number of hydrogen-bond donors (Lipinski definition) is 2. The van der Waals surface area contributed by atoms with Crippen LogP contribution in [0.2, 0.25) is 0 Å². The van der Waals surface area contributed by atoms with E-state index in [4.69, 9.17) is 5.73 Å². The highest BCUT2D eigenvalue weighted by Gasteiger charge is 2.26. The number of hydrogen-bond acceptors (Lipinski definition) is 4. The molecule has 0 saturated heterocycles. The molecule has 1 rings (SSSR count). The molecule has 0 aromatic heterocycles. The molecule has 5 heteroatoms. The summed E-state index contributed by atoms with van der Waals surface area (Å²) in [5.74, 6) is -1.51. The molecule has 1 fully saturated rings. The number of amides is 1. The van der Waals surface area contributed by atoms with Gasteiger partial charge in [0.2, 0.25) is 0 Å². The lowest BCUT2D eigenvalue weighted by atomic mass is 9.91. The largest absolute Gasteiger partial charge is 0.459 e. The topological polar surface area (TPSA) is 81.4 Å². The average Bonchev–Trinajstić information content (AvgIpc) is 2.21. The monoisotopic (exact) mass is 214 g/mol. The standard InChI is InChI=1S/C10H18N2O3/c1-2-15-10(14)9(13)12-8-6-4-3-5-7(8)11/h7-8H,2-6,11H2,1H3,(H,12,13). The molecule has 15 heavy (non-hydrogen) atoms. The van der Waals surface area contributed by atoms with Crippen molar-refractivity contribution in [3.63, 3.8) is 0 Å². The van der Waals surface area contributed by atoms with E-state index in [-0.39, 0.29) is 18.7 Å². The minimum absolute atomic E-state index is 0.0443.